The zero-order valence-electron chi connectivity index (χ0n) is 11.5. The molecule has 0 bridgehead atoms. The molecule has 0 spiro atoms. The maximum Gasteiger partial charge on any atom is 0.125 e. The molecule has 1 aromatic carbocycles. The van der Waals surface area contributed by atoms with Crippen molar-refractivity contribution in [3.63, 3.8) is 0 Å². The summed E-state index contributed by atoms with van der Waals surface area (Å²) in [5.74, 6) is 0.544. The van der Waals surface area contributed by atoms with Crippen LogP contribution in [0.3, 0.4) is 0 Å². The number of hydrogen-bond acceptors (Lipinski definition) is 2. The molecule has 0 heterocycles. The number of nitrogens with two attached hydrogens (primary N) is 1. The molecule has 1 rings (SSSR count). The van der Waals surface area contributed by atoms with Gasteiger partial charge in [-0.1, -0.05) is 19.9 Å². The van der Waals surface area contributed by atoms with Crippen LogP contribution in [-0.4, -0.2) is 19.6 Å². The molecule has 18 heavy (non-hydrogen) atoms. The number of halogens is 1. The molecule has 3 heteroatoms. The Balaban J connectivity index is 2.59. The van der Waals surface area contributed by atoms with Crippen LogP contribution in [0.1, 0.15) is 33.1 Å². The number of anilines is 1. The predicted molar refractivity (Wildman–Crippen MR) is 76.4 cm³/mol. The molecule has 0 aliphatic rings. The second-order valence-electron chi connectivity index (χ2n) is 5.15. The molecule has 0 saturated carbocycles. The summed E-state index contributed by atoms with van der Waals surface area (Å²) in [5.41, 5.74) is 6.53. The second kappa shape index (κ2) is 8.09. The van der Waals surface area contributed by atoms with Gasteiger partial charge in [0.25, 0.3) is 0 Å². The predicted octanol–water partition coefficient (Wildman–Crippen LogP) is 3.42. The van der Waals surface area contributed by atoms with Crippen LogP contribution in [-0.2, 0) is 0 Å². The van der Waals surface area contributed by atoms with Gasteiger partial charge in [0.2, 0.25) is 0 Å². The lowest BCUT2D eigenvalue weighted by atomic mass is 10.1. The molecule has 0 fully saturated rings. The molecule has 0 amide bonds. The molecule has 1 aromatic rings. The summed E-state index contributed by atoms with van der Waals surface area (Å²) < 4.78 is 13.2. The zero-order valence-corrected chi connectivity index (χ0v) is 11.5. The third-order valence-electron chi connectivity index (χ3n) is 3.02. The van der Waals surface area contributed by atoms with E-state index in [1.165, 1.54) is 12.5 Å². The van der Waals surface area contributed by atoms with Gasteiger partial charge in [0.1, 0.15) is 5.82 Å². The highest BCUT2D eigenvalue weighted by Gasteiger charge is 2.07. The van der Waals surface area contributed by atoms with Crippen molar-refractivity contribution < 1.29 is 4.39 Å². The van der Waals surface area contributed by atoms with Gasteiger partial charge in [0.05, 0.1) is 0 Å². The Morgan fingerprint density at radius 1 is 1.22 bits per heavy atom. The maximum absolute atomic E-state index is 13.2. The highest BCUT2D eigenvalue weighted by atomic mass is 19.1. The fourth-order valence-corrected chi connectivity index (χ4v) is 2.02. The highest BCUT2D eigenvalue weighted by molar-refractivity contribution is 5.46. The molecule has 0 unspecified atom stereocenters. The van der Waals surface area contributed by atoms with E-state index in [1.54, 1.807) is 12.1 Å². The minimum Gasteiger partial charge on any atom is -0.371 e. The third kappa shape index (κ3) is 5.50. The van der Waals surface area contributed by atoms with Crippen LogP contribution in [0.25, 0.3) is 0 Å². The van der Waals surface area contributed by atoms with Crippen LogP contribution in [0.5, 0.6) is 0 Å². The topological polar surface area (TPSA) is 29.3 Å². The monoisotopic (exact) mass is 252 g/mol. The SMILES string of the molecule is CC(C)CCCN(CCCN)c1cccc(F)c1. The molecule has 0 radical (unpaired) electrons. The fraction of sp³-hybridized carbons (Fsp3) is 0.600. The largest absolute Gasteiger partial charge is 0.371 e. The molecule has 0 aliphatic carbocycles. The van der Waals surface area contributed by atoms with Crippen LogP contribution in [0.4, 0.5) is 10.1 Å². The van der Waals surface area contributed by atoms with Crippen molar-refractivity contribution in [3.8, 4) is 0 Å². The van der Waals surface area contributed by atoms with E-state index < -0.39 is 0 Å². The van der Waals surface area contributed by atoms with Gasteiger partial charge in [-0.15, -0.1) is 0 Å². The van der Waals surface area contributed by atoms with Crippen molar-refractivity contribution in [2.24, 2.45) is 11.7 Å². The lowest BCUT2D eigenvalue weighted by Gasteiger charge is -2.25. The minimum absolute atomic E-state index is 0.172. The van der Waals surface area contributed by atoms with E-state index in [9.17, 15) is 4.39 Å². The maximum atomic E-state index is 13.2. The summed E-state index contributed by atoms with van der Waals surface area (Å²) >= 11 is 0. The molecular weight excluding hydrogens is 227 g/mol. The summed E-state index contributed by atoms with van der Waals surface area (Å²) in [7, 11) is 0. The minimum atomic E-state index is -0.172. The summed E-state index contributed by atoms with van der Waals surface area (Å²) in [6, 6.07) is 6.82. The van der Waals surface area contributed by atoms with Crippen molar-refractivity contribution >= 4 is 5.69 Å². The molecule has 0 aromatic heterocycles. The summed E-state index contributed by atoms with van der Waals surface area (Å²) in [6.45, 7) is 7.01. The summed E-state index contributed by atoms with van der Waals surface area (Å²) in [5, 5.41) is 0. The number of benzene rings is 1. The van der Waals surface area contributed by atoms with Gasteiger partial charge in [0.15, 0.2) is 0 Å². The smallest absolute Gasteiger partial charge is 0.125 e. The quantitative estimate of drug-likeness (QED) is 0.768. The van der Waals surface area contributed by atoms with Crippen LogP contribution >= 0.6 is 0 Å². The number of rotatable bonds is 8. The molecule has 2 nitrogen and oxygen atoms in total. The van der Waals surface area contributed by atoms with Crippen LogP contribution in [0.2, 0.25) is 0 Å². The second-order valence-corrected chi connectivity index (χ2v) is 5.15. The average molecular weight is 252 g/mol. The standard InChI is InChI=1S/C15H25FN2/c1-13(2)6-4-10-18(11-5-9-17)15-8-3-7-14(16)12-15/h3,7-8,12-13H,4-6,9-11,17H2,1-2H3. The first-order valence-corrected chi connectivity index (χ1v) is 6.84. The van der Waals surface area contributed by atoms with E-state index in [0.29, 0.717) is 12.5 Å². The van der Waals surface area contributed by atoms with E-state index in [2.05, 4.69) is 18.7 Å². The number of nitrogens with zero attached hydrogens (tertiary/aromatic N) is 1. The van der Waals surface area contributed by atoms with E-state index in [4.69, 9.17) is 5.73 Å². The highest BCUT2D eigenvalue weighted by Crippen LogP contribution is 2.17. The molecule has 2 N–H and O–H groups in total. The van der Waals surface area contributed by atoms with Crippen molar-refractivity contribution in [2.75, 3.05) is 24.5 Å². The van der Waals surface area contributed by atoms with Crippen molar-refractivity contribution in [2.45, 2.75) is 33.1 Å². The van der Waals surface area contributed by atoms with Gasteiger partial charge in [-0.25, -0.2) is 4.39 Å². The lowest BCUT2D eigenvalue weighted by Crippen LogP contribution is -2.27. The Kier molecular flexibility index (Phi) is 6.73. The van der Waals surface area contributed by atoms with E-state index in [0.717, 1.165) is 31.6 Å². The van der Waals surface area contributed by atoms with Gasteiger partial charge in [-0.3, -0.25) is 0 Å². The Labute approximate surface area is 110 Å². The van der Waals surface area contributed by atoms with E-state index in [1.807, 2.05) is 6.07 Å². The Bertz CT molecular complexity index is 339. The van der Waals surface area contributed by atoms with E-state index >= 15 is 0 Å². The van der Waals surface area contributed by atoms with Crippen molar-refractivity contribution in [1.82, 2.24) is 0 Å². The third-order valence-corrected chi connectivity index (χ3v) is 3.02. The number of hydrogen-bond donors (Lipinski definition) is 1. The molecule has 0 atom stereocenters. The normalized spacial score (nSPS) is 10.9. The van der Waals surface area contributed by atoms with Gasteiger partial charge in [0, 0.05) is 18.8 Å². The van der Waals surface area contributed by atoms with Crippen molar-refractivity contribution in [3.05, 3.63) is 30.1 Å². The molecule has 0 saturated heterocycles. The van der Waals surface area contributed by atoms with Crippen molar-refractivity contribution in [1.29, 1.82) is 0 Å². The van der Waals surface area contributed by atoms with Crippen LogP contribution in [0.15, 0.2) is 24.3 Å². The van der Waals surface area contributed by atoms with Crippen LogP contribution in [0, 0.1) is 11.7 Å². The first-order chi connectivity index (χ1) is 8.63. The van der Waals surface area contributed by atoms with E-state index in [-0.39, 0.29) is 5.82 Å². The average Bonchev–Trinajstić information content (AvgIpc) is 2.33. The first-order valence-electron chi connectivity index (χ1n) is 6.84. The summed E-state index contributed by atoms with van der Waals surface area (Å²) in [6.07, 6.45) is 3.28. The van der Waals surface area contributed by atoms with Gasteiger partial charge < -0.3 is 10.6 Å². The Hall–Kier alpha value is -1.09. The van der Waals surface area contributed by atoms with Gasteiger partial charge in [-0.05, 0) is 49.9 Å². The molecule has 102 valence electrons. The van der Waals surface area contributed by atoms with Gasteiger partial charge in [-0.2, -0.15) is 0 Å². The Morgan fingerprint density at radius 2 is 1.94 bits per heavy atom. The molecular formula is C15H25FN2. The lowest BCUT2D eigenvalue weighted by molar-refractivity contribution is 0.546. The zero-order chi connectivity index (χ0) is 13.4. The molecule has 0 aliphatic heterocycles. The summed E-state index contributed by atoms with van der Waals surface area (Å²) in [4.78, 5) is 2.23. The first kappa shape index (κ1) is 15.0. The van der Waals surface area contributed by atoms with Gasteiger partial charge >= 0.3 is 0 Å². The van der Waals surface area contributed by atoms with Crippen LogP contribution < -0.4 is 10.6 Å². The fourth-order valence-electron chi connectivity index (χ4n) is 2.02. The Morgan fingerprint density at radius 3 is 2.56 bits per heavy atom.